The van der Waals surface area contributed by atoms with Gasteiger partial charge in [-0.15, -0.1) is 0 Å². The molecular formula is C23H21N3O2S. The normalized spacial score (nSPS) is 10.3. The number of rotatable bonds is 4. The zero-order valence-corrected chi connectivity index (χ0v) is 16.7. The summed E-state index contributed by atoms with van der Waals surface area (Å²) in [6.45, 7) is 1.85. The largest absolute Gasteiger partial charge is 0.301 e. The number of carbonyl (C=O) groups is 2. The van der Waals surface area contributed by atoms with Gasteiger partial charge in [0.15, 0.2) is 5.11 Å². The van der Waals surface area contributed by atoms with Crippen molar-refractivity contribution in [2.45, 2.75) is 12.8 Å². The van der Waals surface area contributed by atoms with Crippen LogP contribution in [0.2, 0.25) is 0 Å². The molecule has 0 aliphatic heterocycles. The molecule has 0 unspecified atom stereocenters. The molecule has 6 heteroatoms. The van der Waals surface area contributed by atoms with E-state index in [1.54, 1.807) is 12.1 Å². The third kappa shape index (κ3) is 5.27. The Morgan fingerprint density at radius 1 is 0.759 bits per heavy atom. The number of carbonyl (C=O) groups excluding carboxylic acids is 2. The van der Waals surface area contributed by atoms with Gasteiger partial charge in [0.1, 0.15) is 0 Å². The predicted molar refractivity (Wildman–Crippen MR) is 117 cm³/mol. The second kappa shape index (κ2) is 9.61. The number of hydrogen-bond acceptors (Lipinski definition) is 3. The Labute approximate surface area is 175 Å². The van der Waals surface area contributed by atoms with Gasteiger partial charge < -0.3 is 5.32 Å². The Bertz CT molecular complexity index is 967. The molecular weight excluding hydrogens is 382 g/mol. The van der Waals surface area contributed by atoms with Crippen LogP contribution in [0.15, 0.2) is 84.9 Å². The van der Waals surface area contributed by atoms with Gasteiger partial charge in [0.25, 0.3) is 5.91 Å². The summed E-state index contributed by atoms with van der Waals surface area (Å²) in [7, 11) is 0. The summed E-state index contributed by atoms with van der Waals surface area (Å²) in [4.78, 5) is 25.3. The van der Waals surface area contributed by atoms with Crippen LogP contribution in [0.1, 0.15) is 33.0 Å². The third-order valence-corrected chi connectivity index (χ3v) is 4.65. The fourth-order valence-corrected chi connectivity index (χ4v) is 3.16. The van der Waals surface area contributed by atoms with Crippen molar-refractivity contribution in [1.29, 1.82) is 0 Å². The predicted octanol–water partition coefficient (Wildman–Crippen LogP) is 3.46. The van der Waals surface area contributed by atoms with E-state index in [4.69, 9.17) is 12.2 Å². The molecule has 0 saturated heterocycles. The molecule has 0 bridgehead atoms. The van der Waals surface area contributed by atoms with Gasteiger partial charge in [-0.3, -0.25) is 20.4 Å². The number of hydrazine groups is 1. The third-order valence-electron chi connectivity index (χ3n) is 4.44. The summed E-state index contributed by atoms with van der Waals surface area (Å²) in [6, 6.07) is 26.1. The molecule has 5 nitrogen and oxygen atoms in total. The number of benzene rings is 3. The van der Waals surface area contributed by atoms with E-state index in [-0.39, 0.29) is 16.9 Å². The first-order valence-electron chi connectivity index (χ1n) is 9.13. The van der Waals surface area contributed by atoms with Crippen molar-refractivity contribution in [3.63, 3.8) is 0 Å². The molecule has 0 aliphatic rings. The first-order valence-corrected chi connectivity index (χ1v) is 9.54. The van der Waals surface area contributed by atoms with Crippen molar-refractivity contribution in [1.82, 2.24) is 16.2 Å². The van der Waals surface area contributed by atoms with Crippen LogP contribution in [0.5, 0.6) is 0 Å². The molecule has 0 atom stereocenters. The molecule has 3 rings (SSSR count). The lowest BCUT2D eigenvalue weighted by atomic mass is 9.90. The second-order valence-electron chi connectivity index (χ2n) is 6.47. The zero-order chi connectivity index (χ0) is 20.6. The Hall–Kier alpha value is -3.51. The van der Waals surface area contributed by atoms with Crippen molar-refractivity contribution in [3.05, 3.63) is 107 Å². The Balaban J connectivity index is 1.67. The summed E-state index contributed by atoms with van der Waals surface area (Å²) < 4.78 is 0. The Morgan fingerprint density at radius 3 is 1.83 bits per heavy atom. The van der Waals surface area contributed by atoms with Crippen LogP contribution in [0.25, 0.3) is 0 Å². The minimum atomic E-state index is -0.524. The molecule has 146 valence electrons. The average Bonchev–Trinajstić information content (AvgIpc) is 2.74. The SMILES string of the molecule is Cc1ccccc1C(=O)NNC(=S)NC(=O)C(c1ccccc1)c1ccccc1. The zero-order valence-electron chi connectivity index (χ0n) is 15.9. The molecule has 3 aromatic rings. The first kappa shape index (κ1) is 20.2. The summed E-state index contributed by atoms with van der Waals surface area (Å²) >= 11 is 5.19. The molecule has 3 aromatic carbocycles. The Morgan fingerprint density at radius 2 is 1.28 bits per heavy atom. The maximum atomic E-state index is 13.0. The van der Waals surface area contributed by atoms with Crippen molar-refractivity contribution < 1.29 is 9.59 Å². The van der Waals surface area contributed by atoms with Crippen LogP contribution in [-0.4, -0.2) is 16.9 Å². The molecule has 0 saturated carbocycles. The number of aryl methyl sites for hydroxylation is 1. The van der Waals surface area contributed by atoms with Gasteiger partial charge in [0, 0.05) is 5.56 Å². The minimum Gasteiger partial charge on any atom is -0.301 e. The maximum Gasteiger partial charge on any atom is 0.269 e. The standard InChI is InChI=1S/C23H21N3O2S/c1-16-10-8-9-15-19(16)21(27)25-26-23(29)24-22(28)20(17-11-4-2-5-12-17)18-13-6-3-7-14-18/h2-15,20H,1H3,(H,25,27)(H2,24,26,28,29). The van der Waals surface area contributed by atoms with E-state index in [2.05, 4.69) is 16.2 Å². The van der Waals surface area contributed by atoms with Crippen LogP contribution in [0.4, 0.5) is 0 Å². The molecule has 3 N–H and O–H groups in total. The van der Waals surface area contributed by atoms with E-state index >= 15 is 0 Å². The van der Waals surface area contributed by atoms with E-state index in [0.717, 1.165) is 16.7 Å². The van der Waals surface area contributed by atoms with Crippen molar-refractivity contribution in [2.24, 2.45) is 0 Å². The van der Waals surface area contributed by atoms with E-state index in [9.17, 15) is 9.59 Å². The summed E-state index contributed by atoms with van der Waals surface area (Å²) in [5, 5.41) is 2.69. The molecule has 0 aliphatic carbocycles. The highest BCUT2D eigenvalue weighted by atomic mass is 32.1. The maximum absolute atomic E-state index is 13.0. The summed E-state index contributed by atoms with van der Waals surface area (Å²) in [6.07, 6.45) is 0. The number of thiocarbonyl (C=S) groups is 1. The minimum absolute atomic E-state index is 0.0220. The number of nitrogens with one attached hydrogen (secondary N) is 3. The van der Waals surface area contributed by atoms with Crippen LogP contribution in [0, 0.1) is 6.92 Å². The van der Waals surface area contributed by atoms with E-state index in [1.807, 2.05) is 79.7 Å². The van der Waals surface area contributed by atoms with Crippen LogP contribution in [-0.2, 0) is 4.79 Å². The van der Waals surface area contributed by atoms with Gasteiger partial charge in [0.05, 0.1) is 5.92 Å². The summed E-state index contributed by atoms with van der Waals surface area (Å²) in [5.74, 6) is -1.14. The lowest BCUT2D eigenvalue weighted by Crippen LogP contribution is -2.49. The van der Waals surface area contributed by atoms with E-state index in [0.29, 0.717) is 5.56 Å². The highest BCUT2D eigenvalue weighted by molar-refractivity contribution is 7.80. The van der Waals surface area contributed by atoms with Crippen LogP contribution >= 0.6 is 12.2 Å². The second-order valence-corrected chi connectivity index (χ2v) is 6.88. The van der Waals surface area contributed by atoms with Gasteiger partial charge in [-0.05, 0) is 41.9 Å². The molecule has 2 amide bonds. The molecule has 0 fully saturated rings. The topological polar surface area (TPSA) is 70.2 Å². The van der Waals surface area contributed by atoms with Gasteiger partial charge >= 0.3 is 0 Å². The fourth-order valence-electron chi connectivity index (χ4n) is 3.01. The lowest BCUT2D eigenvalue weighted by Gasteiger charge is -2.19. The molecule has 0 heterocycles. The molecule has 0 radical (unpaired) electrons. The van der Waals surface area contributed by atoms with Crippen molar-refractivity contribution >= 4 is 29.1 Å². The van der Waals surface area contributed by atoms with Crippen LogP contribution < -0.4 is 16.2 Å². The van der Waals surface area contributed by atoms with Gasteiger partial charge in [-0.2, -0.15) is 0 Å². The molecule has 0 aromatic heterocycles. The lowest BCUT2D eigenvalue weighted by molar-refractivity contribution is -0.120. The van der Waals surface area contributed by atoms with Crippen molar-refractivity contribution in [3.8, 4) is 0 Å². The highest BCUT2D eigenvalue weighted by Gasteiger charge is 2.23. The fraction of sp³-hybridized carbons (Fsp3) is 0.0870. The highest BCUT2D eigenvalue weighted by Crippen LogP contribution is 2.24. The quantitative estimate of drug-likeness (QED) is 0.461. The average molecular weight is 404 g/mol. The Kier molecular flexibility index (Phi) is 6.71. The first-order chi connectivity index (χ1) is 14.1. The molecule has 0 spiro atoms. The number of hydrogen-bond donors (Lipinski definition) is 3. The van der Waals surface area contributed by atoms with E-state index < -0.39 is 5.92 Å². The summed E-state index contributed by atoms with van der Waals surface area (Å²) in [5.41, 5.74) is 8.19. The smallest absolute Gasteiger partial charge is 0.269 e. The van der Waals surface area contributed by atoms with Crippen LogP contribution in [0.3, 0.4) is 0 Å². The number of amides is 2. The van der Waals surface area contributed by atoms with Gasteiger partial charge in [-0.25, -0.2) is 0 Å². The van der Waals surface area contributed by atoms with E-state index in [1.165, 1.54) is 0 Å². The van der Waals surface area contributed by atoms with Gasteiger partial charge in [0.2, 0.25) is 5.91 Å². The monoisotopic (exact) mass is 403 g/mol. The van der Waals surface area contributed by atoms with Crippen molar-refractivity contribution in [2.75, 3.05) is 0 Å². The van der Waals surface area contributed by atoms with Gasteiger partial charge in [-0.1, -0.05) is 78.9 Å². The molecule has 29 heavy (non-hydrogen) atoms.